The van der Waals surface area contributed by atoms with E-state index in [1.807, 2.05) is 37.3 Å². The van der Waals surface area contributed by atoms with Crippen molar-refractivity contribution in [2.24, 2.45) is 0 Å². The van der Waals surface area contributed by atoms with Gasteiger partial charge < -0.3 is 4.74 Å². The van der Waals surface area contributed by atoms with Crippen molar-refractivity contribution < 1.29 is 4.74 Å². The lowest BCUT2D eigenvalue weighted by Crippen LogP contribution is -1.99. The highest BCUT2D eigenvalue weighted by molar-refractivity contribution is 5.86. The molecule has 3 heteroatoms. The molecular weight excluding hydrogens is 296 g/mol. The number of pyridine rings is 1. The maximum absolute atomic E-state index is 9.69. The molecule has 0 aliphatic heterocycles. The van der Waals surface area contributed by atoms with E-state index in [-0.39, 0.29) is 0 Å². The van der Waals surface area contributed by atoms with Crippen LogP contribution in [0.5, 0.6) is 5.75 Å². The first kappa shape index (κ1) is 14.5. The summed E-state index contributed by atoms with van der Waals surface area (Å²) in [6.45, 7) is 1.91. The molecule has 0 unspecified atom stereocenters. The van der Waals surface area contributed by atoms with Gasteiger partial charge in [0.05, 0.1) is 24.1 Å². The highest BCUT2D eigenvalue weighted by Crippen LogP contribution is 2.42. The number of hydrogen-bond acceptors (Lipinski definition) is 3. The Morgan fingerprint density at radius 3 is 2.54 bits per heavy atom. The van der Waals surface area contributed by atoms with Crippen molar-refractivity contribution in [3.63, 3.8) is 0 Å². The summed E-state index contributed by atoms with van der Waals surface area (Å²) in [5, 5.41) is 9.69. The molecule has 0 atom stereocenters. The number of aromatic nitrogens is 1. The molecule has 0 N–H and O–H groups in total. The SMILES string of the molecule is COc1ccc(-c2c(C#N)c(C)nc3c2Cc2ccccc2-3)cc1. The molecule has 0 radical (unpaired) electrons. The van der Waals surface area contributed by atoms with Crippen LogP contribution in [0.1, 0.15) is 22.4 Å². The molecular formula is C21H16N2O. The third-order valence-electron chi connectivity index (χ3n) is 4.61. The minimum atomic E-state index is 0.659. The van der Waals surface area contributed by atoms with E-state index < -0.39 is 0 Å². The third-order valence-corrected chi connectivity index (χ3v) is 4.61. The van der Waals surface area contributed by atoms with Crippen LogP contribution in [0.4, 0.5) is 0 Å². The molecule has 4 rings (SSSR count). The van der Waals surface area contributed by atoms with Crippen LogP contribution in [0.3, 0.4) is 0 Å². The van der Waals surface area contributed by atoms with Gasteiger partial charge in [-0.25, -0.2) is 0 Å². The molecule has 1 aliphatic carbocycles. The molecule has 0 spiro atoms. The van der Waals surface area contributed by atoms with Gasteiger partial charge in [0.15, 0.2) is 0 Å². The Hall–Kier alpha value is -3.12. The second-order valence-electron chi connectivity index (χ2n) is 5.95. The van der Waals surface area contributed by atoms with Crippen molar-refractivity contribution >= 4 is 0 Å². The van der Waals surface area contributed by atoms with Gasteiger partial charge in [0, 0.05) is 17.5 Å². The van der Waals surface area contributed by atoms with Crippen LogP contribution < -0.4 is 4.74 Å². The largest absolute Gasteiger partial charge is 0.497 e. The number of aryl methyl sites for hydroxylation is 1. The summed E-state index contributed by atoms with van der Waals surface area (Å²) >= 11 is 0. The number of benzene rings is 2. The molecule has 3 aromatic rings. The van der Waals surface area contributed by atoms with Crippen LogP contribution in [0.2, 0.25) is 0 Å². The number of nitrogens with zero attached hydrogens (tertiary/aromatic N) is 2. The van der Waals surface area contributed by atoms with Crippen molar-refractivity contribution in [3.8, 4) is 34.2 Å². The summed E-state index contributed by atoms with van der Waals surface area (Å²) in [7, 11) is 1.65. The van der Waals surface area contributed by atoms with Crippen LogP contribution in [0, 0.1) is 18.3 Å². The van der Waals surface area contributed by atoms with Crippen molar-refractivity contribution in [3.05, 3.63) is 70.9 Å². The Bertz CT molecular complexity index is 982. The predicted molar refractivity (Wildman–Crippen MR) is 93.9 cm³/mol. The van der Waals surface area contributed by atoms with E-state index in [0.717, 1.165) is 40.2 Å². The number of rotatable bonds is 2. The van der Waals surface area contributed by atoms with E-state index in [1.165, 1.54) is 11.1 Å². The first-order valence-electron chi connectivity index (χ1n) is 7.89. The molecule has 0 saturated heterocycles. The number of ether oxygens (including phenoxy) is 1. The summed E-state index contributed by atoms with van der Waals surface area (Å²) in [5.74, 6) is 0.808. The Morgan fingerprint density at radius 1 is 1.08 bits per heavy atom. The fourth-order valence-electron chi connectivity index (χ4n) is 3.45. The van der Waals surface area contributed by atoms with E-state index in [9.17, 15) is 5.26 Å². The molecule has 0 fully saturated rings. The van der Waals surface area contributed by atoms with Gasteiger partial charge in [0.2, 0.25) is 0 Å². The fourth-order valence-corrected chi connectivity index (χ4v) is 3.45. The number of hydrogen-bond donors (Lipinski definition) is 0. The molecule has 1 aliphatic rings. The quantitative estimate of drug-likeness (QED) is 0.547. The van der Waals surface area contributed by atoms with Gasteiger partial charge in [0.1, 0.15) is 11.8 Å². The van der Waals surface area contributed by atoms with Gasteiger partial charge in [-0.1, -0.05) is 36.4 Å². The van der Waals surface area contributed by atoms with Gasteiger partial charge in [-0.3, -0.25) is 4.98 Å². The lowest BCUT2D eigenvalue weighted by Gasteiger charge is -2.13. The minimum Gasteiger partial charge on any atom is -0.497 e. The number of methoxy groups -OCH3 is 1. The molecule has 116 valence electrons. The van der Waals surface area contributed by atoms with Crippen molar-refractivity contribution in [2.75, 3.05) is 7.11 Å². The molecule has 1 aromatic heterocycles. The van der Waals surface area contributed by atoms with Crippen molar-refractivity contribution in [2.45, 2.75) is 13.3 Å². The highest BCUT2D eigenvalue weighted by atomic mass is 16.5. The van der Waals surface area contributed by atoms with Crippen molar-refractivity contribution in [1.29, 1.82) is 5.26 Å². The standard InChI is InChI=1S/C21H16N2O/c1-13-19(12-22)20(14-7-9-16(24-2)10-8-14)18-11-15-5-3-4-6-17(15)21(18)23-13/h3-10H,11H2,1-2H3. The Balaban J connectivity index is 2.00. The first-order chi connectivity index (χ1) is 11.7. The molecule has 24 heavy (non-hydrogen) atoms. The number of fused-ring (bicyclic) bond motifs is 3. The van der Waals surface area contributed by atoms with Crippen LogP contribution in [0.25, 0.3) is 22.4 Å². The van der Waals surface area contributed by atoms with E-state index >= 15 is 0 Å². The zero-order valence-electron chi connectivity index (χ0n) is 13.6. The Kier molecular flexibility index (Phi) is 3.32. The van der Waals surface area contributed by atoms with Gasteiger partial charge in [-0.2, -0.15) is 5.26 Å². The Labute approximate surface area is 141 Å². The summed E-state index contributed by atoms with van der Waals surface area (Å²) in [5.41, 5.74) is 8.06. The van der Waals surface area contributed by atoms with E-state index in [0.29, 0.717) is 5.56 Å². The minimum absolute atomic E-state index is 0.659. The van der Waals surface area contributed by atoms with Crippen LogP contribution in [0.15, 0.2) is 48.5 Å². The first-order valence-corrected chi connectivity index (χ1v) is 7.89. The van der Waals surface area contributed by atoms with Gasteiger partial charge >= 0.3 is 0 Å². The molecule has 0 bridgehead atoms. The summed E-state index contributed by atoms with van der Waals surface area (Å²) < 4.78 is 5.25. The Morgan fingerprint density at radius 2 is 1.83 bits per heavy atom. The van der Waals surface area contributed by atoms with Gasteiger partial charge in [-0.05, 0) is 35.7 Å². The maximum Gasteiger partial charge on any atom is 0.118 e. The molecule has 1 heterocycles. The summed E-state index contributed by atoms with van der Waals surface area (Å²) in [6.07, 6.45) is 0.814. The van der Waals surface area contributed by atoms with E-state index in [4.69, 9.17) is 9.72 Å². The average molecular weight is 312 g/mol. The van der Waals surface area contributed by atoms with E-state index in [2.05, 4.69) is 24.3 Å². The topological polar surface area (TPSA) is 45.9 Å². The monoisotopic (exact) mass is 312 g/mol. The molecule has 0 saturated carbocycles. The zero-order valence-corrected chi connectivity index (χ0v) is 13.6. The number of nitriles is 1. The fraction of sp³-hybridized carbons (Fsp3) is 0.143. The maximum atomic E-state index is 9.69. The van der Waals surface area contributed by atoms with E-state index in [1.54, 1.807) is 7.11 Å². The average Bonchev–Trinajstić information content (AvgIpc) is 2.99. The van der Waals surface area contributed by atoms with Crippen LogP contribution >= 0.6 is 0 Å². The van der Waals surface area contributed by atoms with Crippen LogP contribution in [-0.4, -0.2) is 12.1 Å². The molecule has 0 amide bonds. The summed E-state index contributed by atoms with van der Waals surface area (Å²) in [4.78, 5) is 4.74. The second kappa shape index (κ2) is 5.50. The second-order valence-corrected chi connectivity index (χ2v) is 5.95. The molecule has 2 aromatic carbocycles. The van der Waals surface area contributed by atoms with Crippen molar-refractivity contribution in [1.82, 2.24) is 4.98 Å². The summed E-state index contributed by atoms with van der Waals surface area (Å²) in [6, 6.07) is 18.6. The highest BCUT2D eigenvalue weighted by Gasteiger charge is 2.26. The van der Waals surface area contributed by atoms with Gasteiger partial charge in [-0.15, -0.1) is 0 Å². The third kappa shape index (κ3) is 2.08. The zero-order chi connectivity index (χ0) is 16.7. The van der Waals surface area contributed by atoms with Crippen LogP contribution in [-0.2, 0) is 6.42 Å². The normalized spacial score (nSPS) is 11.5. The van der Waals surface area contributed by atoms with Gasteiger partial charge in [0.25, 0.3) is 0 Å². The lowest BCUT2D eigenvalue weighted by molar-refractivity contribution is 0.415. The lowest BCUT2D eigenvalue weighted by atomic mass is 9.93. The molecule has 3 nitrogen and oxygen atoms in total. The smallest absolute Gasteiger partial charge is 0.118 e. The predicted octanol–water partition coefficient (Wildman–Crippen LogP) is 4.51.